The van der Waals surface area contributed by atoms with Gasteiger partial charge < -0.3 is 31.1 Å². The molecule has 2 aromatic rings. The Kier molecular flexibility index (Phi) is 9.52. The molecule has 5 N–H and O–H groups in total. The Labute approximate surface area is 221 Å². The number of phenolic OH excluding ortho intramolecular Hbond substituents is 1. The number of benzene rings is 2. The van der Waals surface area contributed by atoms with Gasteiger partial charge in [0.1, 0.15) is 23.4 Å². The zero-order valence-electron chi connectivity index (χ0n) is 21.7. The molecule has 37 heavy (non-hydrogen) atoms. The summed E-state index contributed by atoms with van der Waals surface area (Å²) in [6.07, 6.45) is -1.48. The SMILES string of the molecule is Cc1cccc(C(C(=O)Nc2c(C)cccc2Cl)N(C)C(=O)C(CC(N)=O)NC(=O)OC(C)(C)C)c1O. The van der Waals surface area contributed by atoms with E-state index in [2.05, 4.69) is 10.6 Å². The summed E-state index contributed by atoms with van der Waals surface area (Å²) >= 11 is 6.28. The fraction of sp³-hybridized carbons (Fsp3) is 0.385. The highest BCUT2D eigenvalue weighted by atomic mass is 35.5. The van der Waals surface area contributed by atoms with Crippen molar-refractivity contribution in [1.29, 1.82) is 0 Å². The summed E-state index contributed by atoms with van der Waals surface area (Å²) in [5, 5.41) is 16.1. The number of amides is 4. The molecule has 0 saturated carbocycles. The van der Waals surface area contributed by atoms with Crippen molar-refractivity contribution >= 4 is 41.1 Å². The summed E-state index contributed by atoms with van der Waals surface area (Å²) in [7, 11) is 1.32. The lowest BCUT2D eigenvalue weighted by molar-refractivity contribution is -0.140. The molecule has 2 aromatic carbocycles. The van der Waals surface area contributed by atoms with Crippen LogP contribution < -0.4 is 16.4 Å². The van der Waals surface area contributed by atoms with E-state index in [0.29, 0.717) is 16.8 Å². The molecule has 2 rings (SSSR count). The lowest BCUT2D eigenvalue weighted by atomic mass is 9.99. The number of carbonyl (C=O) groups is 4. The maximum atomic E-state index is 13.6. The van der Waals surface area contributed by atoms with Crippen molar-refractivity contribution in [2.24, 2.45) is 5.73 Å². The predicted molar refractivity (Wildman–Crippen MR) is 140 cm³/mol. The number of anilines is 1. The van der Waals surface area contributed by atoms with E-state index in [4.69, 9.17) is 22.1 Å². The second kappa shape index (κ2) is 12.0. The first-order valence-corrected chi connectivity index (χ1v) is 11.9. The Morgan fingerprint density at radius 3 is 2.24 bits per heavy atom. The van der Waals surface area contributed by atoms with Gasteiger partial charge in [0.05, 0.1) is 17.1 Å². The number of aromatic hydroxyl groups is 1. The Hall–Kier alpha value is -3.79. The molecule has 0 radical (unpaired) electrons. The lowest BCUT2D eigenvalue weighted by Crippen LogP contribution is -2.52. The summed E-state index contributed by atoms with van der Waals surface area (Å²) < 4.78 is 5.21. The molecule has 0 aliphatic heterocycles. The summed E-state index contributed by atoms with van der Waals surface area (Å²) in [5.74, 6) is -2.52. The van der Waals surface area contributed by atoms with Gasteiger partial charge in [-0.3, -0.25) is 14.4 Å². The summed E-state index contributed by atoms with van der Waals surface area (Å²) in [6.45, 7) is 8.32. The van der Waals surface area contributed by atoms with Crippen LogP contribution in [0.1, 0.15) is 49.9 Å². The number of nitrogens with one attached hydrogen (secondary N) is 2. The van der Waals surface area contributed by atoms with Gasteiger partial charge in [0, 0.05) is 12.6 Å². The largest absolute Gasteiger partial charge is 0.507 e. The average Bonchev–Trinajstić information content (AvgIpc) is 2.76. The normalized spacial score (nSPS) is 12.7. The van der Waals surface area contributed by atoms with Crippen molar-refractivity contribution in [3.05, 3.63) is 58.1 Å². The molecule has 0 aliphatic carbocycles. The number of likely N-dealkylation sites (N-methyl/N-ethyl adjacent to an activating group) is 1. The first kappa shape index (κ1) is 29.4. The highest BCUT2D eigenvalue weighted by molar-refractivity contribution is 6.34. The topological polar surface area (TPSA) is 151 Å². The van der Waals surface area contributed by atoms with Crippen LogP contribution in [0.5, 0.6) is 5.75 Å². The second-order valence-corrected chi connectivity index (χ2v) is 10.1. The maximum Gasteiger partial charge on any atom is 0.408 e. The van der Waals surface area contributed by atoms with Gasteiger partial charge >= 0.3 is 6.09 Å². The molecule has 10 nitrogen and oxygen atoms in total. The number of halogens is 1. The van der Waals surface area contributed by atoms with Crippen LogP contribution >= 0.6 is 11.6 Å². The van der Waals surface area contributed by atoms with Gasteiger partial charge in [-0.25, -0.2) is 4.79 Å². The van der Waals surface area contributed by atoms with Gasteiger partial charge in [-0.2, -0.15) is 0 Å². The number of rotatable bonds is 8. The van der Waals surface area contributed by atoms with E-state index in [1.807, 2.05) is 0 Å². The van der Waals surface area contributed by atoms with Gasteiger partial charge in [0.2, 0.25) is 11.8 Å². The summed E-state index contributed by atoms with van der Waals surface area (Å²) in [5.41, 5.74) is 6.09. The van der Waals surface area contributed by atoms with Crippen LogP contribution in [0.2, 0.25) is 5.02 Å². The van der Waals surface area contributed by atoms with E-state index in [-0.39, 0.29) is 16.3 Å². The minimum Gasteiger partial charge on any atom is -0.507 e. The third-order valence-corrected chi connectivity index (χ3v) is 5.73. The van der Waals surface area contributed by atoms with E-state index in [0.717, 1.165) is 4.90 Å². The van der Waals surface area contributed by atoms with Crippen LogP contribution in [0, 0.1) is 13.8 Å². The molecule has 0 heterocycles. The third kappa shape index (κ3) is 7.85. The number of aryl methyl sites for hydroxylation is 2. The first-order valence-electron chi connectivity index (χ1n) is 11.5. The molecule has 0 spiro atoms. The molecule has 0 aliphatic rings. The minimum absolute atomic E-state index is 0.133. The van der Waals surface area contributed by atoms with E-state index in [1.54, 1.807) is 65.0 Å². The number of nitrogens with zero attached hydrogens (tertiary/aromatic N) is 1. The molecule has 0 fully saturated rings. The fourth-order valence-electron chi connectivity index (χ4n) is 3.63. The second-order valence-electron chi connectivity index (χ2n) is 9.65. The number of phenols is 1. The van der Waals surface area contributed by atoms with Crippen LogP contribution in [-0.2, 0) is 19.1 Å². The molecule has 4 amide bonds. The van der Waals surface area contributed by atoms with Crippen LogP contribution in [0.25, 0.3) is 0 Å². The first-order chi connectivity index (χ1) is 17.1. The van der Waals surface area contributed by atoms with Crippen LogP contribution in [0.15, 0.2) is 36.4 Å². The zero-order valence-corrected chi connectivity index (χ0v) is 22.5. The van der Waals surface area contributed by atoms with Crippen molar-refractivity contribution in [2.75, 3.05) is 12.4 Å². The Bertz CT molecular complexity index is 1170. The number of para-hydroxylation sites is 2. The van der Waals surface area contributed by atoms with Gasteiger partial charge in [0.25, 0.3) is 5.91 Å². The molecular formula is C26H33ClN4O6. The molecule has 2 unspecified atom stereocenters. The summed E-state index contributed by atoms with van der Waals surface area (Å²) in [4.78, 5) is 52.3. The number of nitrogens with two attached hydrogens (primary N) is 1. The van der Waals surface area contributed by atoms with E-state index < -0.39 is 47.9 Å². The quantitative estimate of drug-likeness (QED) is 0.408. The van der Waals surface area contributed by atoms with Gasteiger partial charge in [-0.05, 0) is 51.8 Å². The minimum atomic E-state index is -1.43. The predicted octanol–water partition coefficient (Wildman–Crippen LogP) is 3.57. The average molecular weight is 533 g/mol. The standard InChI is InChI=1S/C26H33ClN4O6/c1-14-9-8-12-17(27)20(14)30-23(34)21(16-11-7-10-15(2)22(16)33)31(6)24(35)18(13-19(28)32)29-25(36)37-26(3,4)5/h7-12,18,21,33H,13H2,1-6H3,(H2,28,32)(H,29,36)(H,30,34). The number of hydrogen-bond acceptors (Lipinski definition) is 6. The Morgan fingerprint density at radius 1 is 1.08 bits per heavy atom. The molecule has 11 heteroatoms. The molecule has 0 saturated heterocycles. The smallest absolute Gasteiger partial charge is 0.408 e. The number of alkyl carbamates (subject to hydrolysis) is 1. The van der Waals surface area contributed by atoms with Gasteiger partial charge in [-0.1, -0.05) is 41.9 Å². The lowest BCUT2D eigenvalue weighted by Gasteiger charge is -2.32. The number of primary amides is 1. The fourth-order valence-corrected chi connectivity index (χ4v) is 3.90. The molecule has 0 bridgehead atoms. The van der Waals surface area contributed by atoms with Gasteiger partial charge in [-0.15, -0.1) is 0 Å². The van der Waals surface area contributed by atoms with E-state index >= 15 is 0 Å². The van der Waals surface area contributed by atoms with Crippen molar-refractivity contribution in [3.8, 4) is 5.75 Å². The van der Waals surface area contributed by atoms with Gasteiger partial charge in [0.15, 0.2) is 0 Å². The van der Waals surface area contributed by atoms with Crippen molar-refractivity contribution in [1.82, 2.24) is 10.2 Å². The third-order valence-electron chi connectivity index (χ3n) is 5.41. The van der Waals surface area contributed by atoms with E-state index in [1.165, 1.54) is 13.1 Å². The van der Waals surface area contributed by atoms with Crippen molar-refractivity contribution in [2.45, 2.75) is 58.7 Å². The van der Waals surface area contributed by atoms with Crippen LogP contribution in [0.4, 0.5) is 10.5 Å². The van der Waals surface area contributed by atoms with E-state index in [9.17, 15) is 24.3 Å². The Balaban J connectivity index is 2.50. The van der Waals surface area contributed by atoms with Crippen molar-refractivity contribution in [3.63, 3.8) is 0 Å². The highest BCUT2D eigenvalue weighted by Gasteiger charge is 2.36. The number of ether oxygens (including phenoxy) is 1. The Morgan fingerprint density at radius 2 is 1.68 bits per heavy atom. The molecular weight excluding hydrogens is 500 g/mol. The molecule has 0 aromatic heterocycles. The zero-order chi connectivity index (χ0) is 28.1. The summed E-state index contributed by atoms with van der Waals surface area (Å²) in [6, 6.07) is 7.07. The molecule has 200 valence electrons. The van der Waals surface area contributed by atoms with Crippen LogP contribution in [-0.4, -0.2) is 52.5 Å². The highest BCUT2D eigenvalue weighted by Crippen LogP contribution is 2.34. The maximum absolute atomic E-state index is 13.6. The number of carbonyl (C=O) groups excluding carboxylic acids is 4. The molecule has 2 atom stereocenters. The van der Waals surface area contributed by atoms with Crippen molar-refractivity contribution < 1.29 is 29.0 Å². The monoisotopic (exact) mass is 532 g/mol. The number of hydrogen-bond donors (Lipinski definition) is 4. The van der Waals surface area contributed by atoms with Crippen LogP contribution in [0.3, 0.4) is 0 Å².